The van der Waals surface area contributed by atoms with Gasteiger partial charge in [-0.15, -0.1) is 0 Å². The molecule has 0 saturated carbocycles. The number of hydrogen-bond donors (Lipinski definition) is 1. The summed E-state index contributed by atoms with van der Waals surface area (Å²) in [6.45, 7) is 4.22. The molecule has 2 amide bonds. The summed E-state index contributed by atoms with van der Waals surface area (Å²) < 4.78 is 0. The summed E-state index contributed by atoms with van der Waals surface area (Å²) >= 11 is 0. The zero-order chi connectivity index (χ0) is 13.1. The maximum absolute atomic E-state index is 12.1. The van der Waals surface area contributed by atoms with Crippen molar-refractivity contribution >= 4 is 11.8 Å². The summed E-state index contributed by atoms with van der Waals surface area (Å²) in [5, 5.41) is 0. The molecule has 1 aromatic carbocycles. The van der Waals surface area contributed by atoms with Crippen LogP contribution in [0.1, 0.15) is 27.6 Å². The van der Waals surface area contributed by atoms with Crippen molar-refractivity contribution in [1.82, 2.24) is 9.80 Å². The number of hydrogen-bond acceptors (Lipinski definition) is 4. The minimum Gasteiger partial charge on any atom is -0.329 e. The summed E-state index contributed by atoms with van der Waals surface area (Å²) in [5.74, 6) is -0.433. The second kappa shape index (κ2) is 5.29. The molecule has 1 aliphatic rings. The van der Waals surface area contributed by atoms with Crippen LogP contribution in [0.3, 0.4) is 0 Å². The molecule has 2 N–H and O–H groups in total. The Morgan fingerprint density at radius 1 is 1.17 bits per heavy atom. The van der Waals surface area contributed by atoms with Crippen LogP contribution in [-0.2, 0) is 0 Å². The summed E-state index contributed by atoms with van der Waals surface area (Å²) in [7, 11) is 0. The van der Waals surface area contributed by atoms with E-state index < -0.39 is 0 Å². The van der Waals surface area contributed by atoms with E-state index in [0.717, 1.165) is 6.54 Å². The number of rotatable bonds is 5. The summed E-state index contributed by atoms with van der Waals surface area (Å²) in [6, 6.07) is 6.92. The number of amides is 2. The molecule has 18 heavy (non-hydrogen) atoms. The molecule has 0 radical (unpaired) electrons. The normalized spacial score (nSPS) is 14.5. The van der Waals surface area contributed by atoms with Crippen molar-refractivity contribution in [3.8, 4) is 0 Å². The highest BCUT2D eigenvalue weighted by atomic mass is 16.2. The van der Waals surface area contributed by atoms with Crippen LogP contribution in [0.25, 0.3) is 0 Å². The van der Waals surface area contributed by atoms with E-state index in [-0.39, 0.29) is 11.8 Å². The van der Waals surface area contributed by atoms with Crippen molar-refractivity contribution in [1.29, 1.82) is 0 Å². The molecule has 0 saturated heterocycles. The van der Waals surface area contributed by atoms with Crippen molar-refractivity contribution in [2.45, 2.75) is 6.92 Å². The van der Waals surface area contributed by atoms with E-state index in [4.69, 9.17) is 5.73 Å². The minimum atomic E-state index is -0.217. The lowest BCUT2D eigenvalue weighted by Crippen LogP contribution is -2.42. The van der Waals surface area contributed by atoms with E-state index in [1.54, 1.807) is 24.3 Å². The Morgan fingerprint density at radius 2 is 1.72 bits per heavy atom. The molecule has 5 heteroatoms. The van der Waals surface area contributed by atoms with Gasteiger partial charge in [-0.25, -0.2) is 0 Å². The summed E-state index contributed by atoms with van der Waals surface area (Å²) in [6.07, 6.45) is 0. The van der Waals surface area contributed by atoms with Crippen molar-refractivity contribution in [3.63, 3.8) is 0 Å². The predicted octanol–water partition coefficient (Wildman–Crippen LogP) is 0.521. The van der Waals surface area contributed by atoms with E-state index in [2.05, 4.69) is 0 Å². The lowest BCUT2D eigenvalue weighted by atomic mass is 10.1. The Bertz CT molecular complexity index is 438. The Balaban J connectivity index is 2.18. The van der Waals surface area contributed by atoms with Gasteiger partial charge in [0.15, 0.2) is 0 Å². The zero-order valence-corrected chi connectivity index (χ0v) is 10.4. The highest BCUT2D eigenvalue weighted by molar-refractivity contribution is 6.21. The third-order valence-corrected chi connectivity index (χ3v) is 3.11. The average molecular weight is 247 g/mol. The number of imide groups is 1. The predicted molar refractivity (Wildman–Crippen MR) is 68.1 cm³/mol. The largest absolute Gasteiger partial charge is 0.329 e. The fraction of sp³-hybridized carbons (Fsp3) is 0.385. The van der Waals surface area contributed by atoms with Crippen LogP contribution in [0, 0.1) is 0 Å². The van der Waals surface area contributed by atoms with Crippen LogP contribution in [-0.4, -0.2) is 47.9 Å². The third-order valence-electron chi connectivity index (χ3n) is 3.11. The van der Waals surface area contributed by atoms with Gasteiger partial charge in [0.2, 0.25) is 0 Å². The molecule has 0 bridgehead atoms. The summed E-state index contributed by atoms with van der Waals surface area (Å²) in [5.41, 5.74) is 6.49. The smallest absolute Gasteiger partial charge is 0.262 e. The molecule has 0 unspecified atom stereocenters. The second-order valence-corrected chi connectivity index (χ2v) is 4.22. The molecule has 1 aromatic rings. The second-order valence-electron chi connectivity index (χ2n) is 4.22. The van der Waals surface area contributed by atoms with Gasteiger partial charge in [-0.1, -0.05) is 19.1 Å². The van der Waals surface area contributed by atoms with Gasteiger partial charge < -0.3 is 5.73 Å². The molecule has 0 aliphatic carbocycles. The molecule has 96 valence electrons. The molecule has 0 atom stereocenters. The molecule has 1 heterocycles. The molecule has 0 aromatic heterocycles. The SMILES string of the molecule is CCN(CCN)CN1C(=O)c2ccccc2C1=O. The third kappa shape index (κ3) is 2.14. The molecule has 1 aliphatic heterocycles. The number of nitrogens with zero attached hydrogens (tertiary/aromatic N) is 2. The monoisotopic (exact) mass is 247 g/mol. The Morgan fingerprint density at radius 3 is 2.17 bits per heavy atom. The number of likely N-dealkylation sites (N-methyl/N-ethyl adjacent to an activating group) is 1. The van der Waals surface area contributed by atoms with Crippen molar-refractivity contribution in [2.75, 3.05) is 26.3 Å². The first-order chi connectivity index (χ1) is 8.69. The number of benzene rings is 1. The first kappa shape index (κ1) is 12.7. The first-order valence-corrected chi connectivity index (χ1v) is 6.06. The molecular weight excluding hydrogens is 230 g/mol. The van der Waals surface area contributed by atoms with E-state index >= 15 is 0 Å². The van der Waals surface area contributed by atoms with Gasteiger partial charge in [-0.2, -0.15) is 0 Å². The maximum atomic E-state index is 12.1. The van der Waals surface area contributed by atoms with Gasteiger partial charge in [0, 0.05) is 13.1 Å². The zero-order valence-electron chi connectivity index (χ0n) is 10.4. The minimum absolute atomic E-state index is 0.217. The Hall–Kier alpha value is -1.72. The van der Waals surface area contributed by atoms with Gasteiger partial charge in [-0.05, 0) is 18.7 Å². The van der Waals surface area contributed by atoms with Crippen molar-refractivity contribution in [2.24, 2.45) is 5.73 Å². The van der Waals surface area contributed by atoms with Gasteiger partial charge in [-0.3, -0.25) is 19.4 Å². The van der Waals surface area contributed by atoms with Gasteiger partial charge >= 0.3 is 0 Å². The highest BCUT2D eigenvalue weighted by Crippen LogP contribution is 2.22. The van der Waals surface area contributed by atoms with Crippen LogP contribution in [0.2, 0.25) is 0 Å². The van der Waals surface area contributed by atoms with Gasteiger partial charge in [0.1, 0.15) is 0 Å². The Labute approximate surface area is 106 Å². The fourth-order valence-electron chi connectivity index (χ4n) is 2.08. The number of carbonyl (C=O) groups excluding carboxylic acids is 2. The van der Waals surface area contributed by atoms with Gasteiger partial charge in [0.25, 0.3) is 11.8 Å². The lowest BCUT2D eigenvalue weighted by molar-refractivity contribution is 0.0549. The van der Waals surface area contributed by atoms with E-state index in [1.807, 2.05) is 11.8 Å². The van der Waals surface area contributed by atoms with Crippen LogP contribution >= 0.6 is 0 Å². The molecule has 2 rings (SSSR count). The van der Waals surface area contributed by atoms with Crippen molar-refractivity contribution < 1.29 is 9.59 Å². The fourth-order valence-corrected chi connectivity index (χ4v) is 2.08. The van der Waals surface area contributed by atoms with Crippen LogP contribution in [0.5, 0.6) is 0 Å². The lowest BCUT2D eigenvalue weighted by Gasteiger charge is -2.24. The number of nitrogens with two attached hydrogens (primary N) is 1. The van der Waals surface area contributed by atoms with E-state index in [0.29, 0.717) is 30.9 Å². The first-order valence-electron chi connectivity index (χ1n) is 6.06. The van der Waals surface area contributed by atoms with E-state index in [9.17, 15) is 9.59 Å². The highest BCUT2D eigenvalue weighted by Gasteiger charge is 2.35. The maximum Gasteiger partial charge on any atom is 0.262 e. The van der Waals surface area contributed by atoms with Gasteiger partial charge in [0.05, 0.1) is 17.8 Å². The molecular formula is C13H17N3O2. The molecule has 5 nitrogen and oxygen atoms in total. The van der Waals surface area contributed by atoms with Crippen LogP contribution in [0.15, 0.2) is 24.3 Å². The molecule has 0 fully saturated rings. The quantitative estimate of drug-likeness (QED) is 0.770. The van der Waals surface area contributed by atoms with Crippen LogP contribution in [0.4, 0.5) is 0 Å². The average Bonchev–Trinajstić information content (AvgIpc) is 2.64. The Kier molecular flexibility index (Phi) is 3.74. The molecule has 0 spiro atoms. The number of carbonyl (C=O) groups is 2. The standard InChI is InChI=1S/C13H17N3O2/c1-2-15(8-7-14)9-16-12(17)10-5-3-4-6-11(10)13(16)18/h3-6H,2,7-9,14H2,1H3. The van der Waals surface area contributed by atoms with E-state index in [1.165, 1.54) is 4.90 Å². The van der Waals surface area contributed by atoms with Crippen molar-refractivity contribution in [3.05, 3.63) is 35.4 Å². The topological polar surface area (TPSA) is 66.6 Å². The number of fused-ring (bicyclic) bond motifs is 1. The van der Waals surface area contributed by atoms with Crippen LogP contribution < -0.4 is 5.73 Å². The summed E-state index contributed by atoms with van der Waals surface area (Å²) in [4.78, 5) is 27.5.